The van der Waals surface area contributed by atoms with Crippen LogP contribution in [0, 0.1) is 0 Å². The number of nitrogens with zero attached hydrogens (tertiary/aromatic N) is 3. The van der Waals surface area contributed by atoms with Gasteiger partial charge in [-0.25, -0.2) is 4.98 Å². The molecule has 4 aromatic rings. The zero-order valence-electron chi connectivity index (χ0n) is 18.3. The molecule has 2 aromatic carbocycles. The highest BCUT2D eigenvalue weighted by atomic mass is 16.7. The number of fused-ring (bicyclic) bond motifs is 1. The zero-order valence-corrected chi connectivity index (χ0v) is 18.3. The molecule has 0 unspecified atom stereocenters. The number of pyridine rings is 1. The molecule has 1 saturated heterocycles. The summed E-state index contributed by atoms with van der Waals surface area (Å²) >= 11 is 0. The summed E-state index contributed by atoms with van der Waals surface area (Å²) in [7, 11) is 0. The molecule has 33 heavy (non-hydrogen) atoms. The van der Waals surface area contributed by atoms with Crippen LogP contribution in [0.1, 0.15) is 31.7 Å². The van der Waals surface area contributed by atoms with Gasteiger partial charge in [0.25, 0.3) is 0 Å². The lowest BCUT2D eigenvalue weighted by Gasteiger charge is -2.35. The van der Waals surface area contributed by atoms with Crippen molar-refractivity contribution in [2.75, 3.05) is 18.9 Å². The topological polar surface area (TPSA) is 84.4 Å². The molecule has 0 atom stereocenters. The van der Waals surface area contributed by atoms with Crippen LogP contribution in [0.5, 0.6) is 11.5 Å². The highest BCUT2D eigenvalue weighted by molar-refractivity contribution is 6.00. The van der Waals surface area contributed by atoms with Crippen LogP contribution < -0.4 is 10.5 Å². The molecule has 0 bridgehead atoms. The molecule has 2 fully saturated rings. The number of para-hydroxylation sites is 1. The normalized spacial score (nSPS) is 18.2. The van der Waals surface area contributed by atoms with E-state index < -0.39 is 5.79 Å². The Morgan fingerprint density at radius 3 is 2.33 bits per heavy atom. The van der Waals surface area contributed by atoms with E-state index in [0.29, 0.717) is 19.0 Å². The highest BCUT2D eigenvalue weighted by Gasteiger charge is 2.41. The van der Waals surface area contributed by atoms with Crippen LogP contribution in [0.15, 0.2) is 66.9 Å². The molecule has 1 aliphatic carbocycles. The summed E-state index contributed by atoms with van der Waals surface area (Å²) in [6.45, 7) is 1.37. The Kier molecular flexibility index (Phi) is 5.00. The third-order valence-electron chi connectivity index (χ3n) is 6.63. The van der Waals surface area contributed by atoms with Crippen LogP contribution in [0.3, 0.4) is 0 Å². The van der Waals surface area contributed by atoms with E-state index in [2.05, 4.69) is 9.67 Å². The van der Waals surface area contributed by atoms with Gasteiger partial charge in [0.2, 0.25) is 0 Å². The van der Waals surface area contributed by atoms with Gasteiger partial charge in [-0.15, -0.1) is 0 Å². The van der Waals surface area contributed by atoms with Crippen molar-refractivity contribution in [1.82, 2.24) is 14.8 Å². The molecule has 2 aromatic heterocycles. The lowest BCUT2D eigenvalue weighted by atomic mass is 9.90. The third kappa shape index (κ3) is 3.73. The molecule has 7 heteroatoms. The Morgan fingerprint density at radius 2 is 1.61 bits per heavy atom. The smallest absolute Gasteiger partial charge is 0.168 e. The molecule has 0 radical (unpaired) electrons. The maximum Gasteiger partial charge on any atom is 0.168 e. The molecule has 2 aliphatic rings. The second kappa shape index (κ2) is 8.17. The maximum absolute atomic E-state index is 6.33. The van der Waals surface area contributed by atoms with Gasteiger partial charge in [-0.2, -0.15) is 5.10 Å². The van der Waals surface area contributed by atoms with Crippen molar-refractivity contribution in [3.63, 3.8) is 0 Å². The molecule has 168 valence electrons. The van der Waals surface area contributed by atoms with Crippen LogP contribution >= 0.6 is 0 Å². The Morgan fingerprint density at radius 1 is 0.909 bits per heavy atom. The van der Waals surface area contributed by atoms with E-state index in [4.69, 9.17) is 25.0 Å². The monoisotopic (exact) mass is 442 g/mol. The van der Waals surface area contributed by atoms with Crippen LogP contribution in [0.2, 0.25) is 0 Å². The van der Waals surface area contributed by atoms with Crippen molar-refractivity contribution in [3.8, 4) is 22.8 Å². The van der Waals surface area contributed by atoms with E-state index in [0.717, 1.165) is 59.3 Å². The van der Waals surface area contributed by atoms with Gasteiger partial charge < -0.3 is 19.9 Å². The number of nitrogen functional groups attached to an aromatic ring is 1. The number of rotatable bonds is 4. The minimum Gasteiger partial charge on any atom is -0.457 e. The van der Waals surface area contributed by atoms with E-state index in [1.54, 1.807) is 6.20 Å². The molecule has 1 spiro atoms. The molecular weight excluding hydrogens is 416 g/mol. The average molecular weight is 443 g/mol. The van der Waals surface area contributed by atoms with E-state index >= 15 is 0 Å². The van der Waals surface area contributed by atoms with Crippen molar-refractivity contribution in [3.05, 3.63) is 66.9 Å². The van der Waals surface area contributed by atoms with Crippen molar-refractivity contribution in [2.24, 2.45) is 0 Å². The lowest BCUT2D eigenvalue weighted by molar-refractivity contribution is -0.181. The number of ether oxygens (including phenoxy) is 3. The summed E-state index contributed by atoms with van der Waals surface area (Å²) in [6, 6.07) is 20.0. The van der Waals surface area contributed by atoms with Crippen molar-refractivity contribution < 1.29 is 14.2 Å². The van der Waals surface area contributed by atoms with Gasteiger partial charge in [0.1, 0.15) is 23.0 Å². The third-order valence-corrected chi connectivity index (χ3v) is 6.63. The van der Waals surface area contributed by atoms with Gasteiger partial charge in [-0.1, -0.05) is 18.2 Å². The predicted octanol–water partition coefficient (Wildman–Crippen LogP) is 5.33. The van der Waals surface area contributed by atoms with Gasteiger partial charge in [0.05, 0.1) is 30.2 Å². The molecule has 7 nitrogen and oxygen atoms in total. The van der Waals surface area contributed by atoms with Crippen molar-refractivity contribution >= 4 is 16.7 Å². The number of nitrogens with two attached hydrogens (primary N) is 1. The minimum absolute atomic E-state index is 0.266. The Hall–Kier alpha value is -3.42. The molecule has 6 rings (SSSR count). The van der Waals surface area contributed by atoms with Crippen LogP contribution in [0.4, 0.5) is 5.82 Å². The first-order valence-corrected chi connectivity index (χ1v) is 11.4. The standard InChI is InChI=1S/C26H26N4O3/c27-25-23-22(12-15-28-25)30(19-10-13-26(14-11-19)31-16-17-32-26)29-24(23)18-6-8-21(9-7-18)33-20-4-2-1-3-5-20/h1-9,12,15,19H,10-11,13-14,16-17H2,(H2,27,28). The first-order chi connectivity index (χ1) is 16.2. The number of anilines is 1. The molecule has 3 heterocycles. The van der Waals surface area contributed by atoms with Crippen LogP contribution in [-0.2, 0) is 9.47 Å². The summed E-state index contributed by atoms with van der Waals surface area (Å²) < 4.78 is 19.9. The summed E-state index contributed by atoms with van der Waals surface area (Å²) in [6.07, 6.45) is 5.40. The first kappa shape index (κ1) is 20.2. The first-order valence-electron chi connectivity index (χ1n) is 11.4. The van der Waals surface area contributed by atoms with Gasteiger partial charge in [-0.3, -0.25) is 4.68 Å². The number of hydrogen-bond acceptors (Lipinski definition) is 6. The Balaban J connectivity index is 1.32. The van der Waals surface area contributed by atoms with Gasteiger partial charge in [0.15, 0.2) is 5.79 Å². The fourth-order valence-electron chi connectivity index (χ4n) is 4.97. The number of benzene rings is 2. The van der Waals surface area contributed by atoms with E-state index in [1.165, 1.54) is 0 Å². The SMILES string of the molecule is Nc1nccc2c1c(-c1ccc(Oc3ccccc3)cc1)nn2C1CCC2(CC1)OCCO2. The zero-order chi connectivity index (χ0) is 22.3. The van der Waals surface area contributed by atoms with Crippen LogP contribution in [-0.4, -0.2) is 33.8 Å². The number of hydrogen-bond donors (Lipinski definition) is 1. The molecule has 2 N–H and O–H groups in total. The molecule has 0 amide bonds. The van der Waals surface area contributed by atoms with E-state index in [1.807, 2.05) is 60.7 Å². The van der Waals surface area contributed by atoms with E-state index in [-0.39, 0.29) is 6.04 Å². The van der Waals surface area contributed by atoms with Crippen molar-refractivity contribution in [1.29, 1.82) is 0 Å². The van der Waals surface area contributed by atoms with Gasteiger partial charge in [-0.05, 0) is 55.3 Å². The van der Waals surface area contributed by atoms with Crippen molar-refractivity contribution in [2.45, 2.75) is 37.5 Å². The second-order valence-corrected chi connectivity index (χ2v) is 8.66. The highest BCUT2D eigenvalue weighted by Crippen LogP contribution is 2.42. The minimum atomic E-state index is -0.391. The fourth-order valence-corrected chi connectivity index (χ4v) is 4.97. The number of aromatic nitrogens is 3. The largest absolute Gasteiger partial charge is 0.457 e. The van der Waals surface area contributed by atoms with Gasteiger partial charge >= 0.3 is 0 Å². The Bertz CT molecular complexity index is 1250. The molecular formula is C26H26N4O3. The second-order valence-electron chi connectivity index (χ2n) is 8.66. The quantitative estimate of drug-likeness (QED) is 0.460. The molecule has 1 aliphatic heterocycles. The predicted molar refractivity (Wildman–Crippen MR) is 126 cm³/mol. The summed E-state index contributed by atoms with van der Waals surface area (Å²) in [5.41, 5.74) is 9.17. The van der Waals surface area contributed by atoms with Gasteiger partial charge in [0, 0.05) is 24.6 Å². The maximum atomic E-state index is 6.33. The fraction of sp³-hybridized carbons (Fsp3) is 0.308. The lowest BCUT2D eigenvalue weighted by Crippen LogP contribution is -2.36. The average Bonchev–Trinajstić information content (AvgIpc) is 3.47. The summed E-state index contributed by atoms with van der Waals surface area (Å²) in [4.78, 5) is 4.34. The summed E-state index contributed by atoms with van der Waals surface area (Å²) in [5, 5.41) is 5.94. The molecule has 1 saturated carbocycles. The van der Waals surface area contributed by atoms with Crippen LogP contribution in [0.25, 0.3) is 22.2 Å². The Labute approximate surface area is 192 Å². The summed E-state index contributed by atoms with van der Waals surface area (Å²) in [5.74, 6) is 1.68. The van der Waals surface area contributed by atoms with E-state index in [9.17, 15) is 0 Å².